The number of rotatable bonds is 4. The van der Waals surface area contributed by atoms with E-state index in [1.807, 2.05) is 44.2 Å². The van der Waals surface area contributed by atoms with E-state index in [4.69, 9.17) is 5.73 Å². The number of nitrogens with two attached hydrogens (primary N) is 1. The lowest BCUT2D eigenvalue weighted by Crippen LogP contribution is -2.50. The predicted octanol–water partition coefficient (Wildman–Crippen LogP) is 3.15. The van der Waals surface area contributed by atoms with Crippen LogP contribution in [0, 0.1) is 0 Å². The lowest BCUT2D eigenvalue weighted by Gasteiger charge is -2.37. The monoisotopic (exact) mass is 220 g/mol. The Kier molecular flexibility index (Phi) is 3.93. The molecule has 0 saturated carbocycles. The van der Waals surface area contributed by atoms with Gasteiger partial charge in [0.25, 0.3) is 0 Å². The van der Waals surface area contributed by atoms with Crippen LogP contribution in [0.5, 0.6) is 0 Å². The van der Waals surface area contributed by atoms with Crippen molar-refractivity contribution >= 4 is 11.7 Å². The Labute approximate surface area is 97.2 Å². The average Bonchev–Trinajstić information content (AvgIpc) is 2.17. The summed E-state index contributed by atoms with van der Waals surface area (Å²) in [4.78, 5) is 13.2. The van der Waals surface area contributed by atoms with E-state index < -0.39 is 6.03 Å². The summed E-state index contributed by atoms with van der Waals surface area (Å²) in [6, 6.07) is 9.16. The normalized spacial score (nSPS) is 11.2. The van der Waals surface area contributed by atoms with Gasteiger partial charge in [-0.25, -0.2) is 4.79 Å². The number of hydrogen-bond donors (Lipinski definition) is 1. The molecule has 0 aliphatic rings. The summed E-state index contributed by atoms with van der Waals surface area (Å²) in [6.45, 7) is 6.18. The molecule has 0 aliphatic heterocycles. The second-order valence-electron chi connectivity index (χ2n) is 4.57. The number of anilines is 1. The Bertz CT molecular complexity index is 346. The lowest BCUT2D eigenvalue weighted by atomic mass is 9.96. The molecule has 0 bridgehead atoms. The van der Waals surface area contributed by atoms with Crippen LogP contribution in [0.25, 0.3) is 0 Å². The van der Waals surface area contributed by atoms with Gasteiger partial charge in [0.1, 0.15) is 0 Å². The fourth-order valence-electron chi connectivity index (χ4n) is 2.08. The van der Waals surface area contributed by atoms with Crippen LogP contribution >= 0.6 is 0 Å². The number of hydrogen-bond acceptors (Lipinski definition) is 1. The highest BCUT2D eigenvalue weighted by atomic mass is 16.2. The highest BCUT2D eigenvalue weighted by Gasteiger charge is 2.29. The van der Waals surface area contributed by atoms with Gasteiger partial charge >= 0.3 is 6.03 Å². The summed E-state index contributed by atoms with van der Waals surface area (Å²) in [5.41, 5.74) is 6.08. The van der Waals surface area contributed by atoms with Gasteiger partial charge in [-0.2, -0.15) is 0 Å². The molecule has 0 aliphatic carbocycles. The first kappa shape index (κ1) is 12.6. The van der Waals surface area contributed by atoms with Crippen LogP contribution in [0.15, 0.2) is 30.3 Å². The molecule has 3 heteroatoms. The Morgan fingerprint density at radius 1 is 1.31 bits per heavy atom. The third-order valence-corrected chi connectivity index (χ3v) is 2.70. The number of primary amides is 1. The zero-order valence-electron chi connectivity index (χ0n) is 10.2. The van der Waals surface area contributed by atoms with Crippen molar-refractivity contribution in [3.8, 4) is 0 Å². The molecule has 0 aromatic heterocycles. The topological polar surface area (TPSA) is 46.3 Å². The van der Waals surface area contributed by atoms with E-state index in [1.165, 1.54) is 0 Å². The van der Waals surface area contributed by atoms with Crippen molar-refractivity contribution in [2.75, 3.05) is 4.90 Å². The zero-order chi connectivity index (χ0) is 12.2. The molecule has 2 amide bonds. The van der Waals surface area contributed by atoms with Crippen molar-refractivity contribution in [3.63, 3.8) is 0 Å². The molecule has 0 fully saturated rings. The summed E-state index contributed by atoms with van der Waals surface area (Å²) in [7, 11) is 0. The molecule has 0 radical (unpaired) electrons. The number of urea groups is 1. The van der Waals surface area contributed by atoms with Crippen molar-refractivity contribution in [2.45, 2.75) is 39.2 Å². The van der Waals surface area contributed by atoms with Crippen LogP contribution in [0.1, 0.15) is 33.6 Å². The van der Waals surface area contributed by atoms with Crippen molar-refractivity contribution in [2.24, 2.45) is 5.73 Å². The van der Waals surface area contributed by atoms with E-state index in [0.29, 0.717) is 0 Å². The molecule has 1 rings (SSSR count). The Hall–Kier alpha value is -1.51. The Morgan fingerprint density at radius 3 is 2.31 bits per heavy atom. The summed E-state index contributed by atoms with van der Waals surface area (Å²) in [5, 5.41) is 0. The molecule has 0 spiro atoms. The van der Waals surface area contributed by atoms with Gasteiger partial charge in [-0.05, 0) is 32.4 Å². The van der Waals surface area contributed by atoms with Crippen molar-refractivity contribution in [3.05, 3.63) is 30.3 Å². The first-order valence-electron chi connectivity index (χ1n) is 5.63. The van der Waals surface area contributed by atoms with Gasteiger partial charge < -0.3 is 5.73 Å². The van der Waals surface area contributed by atoms with Crippen LogP contribution in [0.4, 0.5) is 10.5 Å². The second kappa shape index (κ2) is 5.01. The quantitative estimate of drug-likeness (QED) is 0.832. The minimum absolute atomic E-state index is 0.248. The molecule has 0 heterocycles. The summed E-state index contributed by atoms with van der Waals surface area (Å²) in [6.07, 6.45) is 1.94. The molecule has 0 unspecified atom stereocenters. The molecule has 3 nitrogen and oxygen atoms in total. The van der Waals surface area contributed by atoms with Gasteiger partial charge in [0, 0.05) is 11.2 Å². The van der Waals surface area contributed by atoms with E-state index in [9.17, 15) is 4.79 Å². The van der Waals surface area contributed by atoms with Crippen molar-refractivity contribution in [1.29, 1.82) is 0 Å². The highest BCUT2D eigenvalue weighted by molar-refractivity contribution is 5.92. The maximum atomic E-state index is 11.6. The average molecular weight is 220 g/mol. The fourth-order valence-corrected chi connectivity index (χ4v) is 2.08. The first-order chi connectivity index (χ1) is 7.49. The largest absolute Gasteiger partial charge is 0.351 e. The minimum Gasteiger partial charge on any atom is -0.351 e. The molecule has 2 N–H and O–H groups in total. The summed E-state index contributed by atoms with van der Waals surface area (Å²) < 4.78 is 0. The van der Waals surface area contributed by atoms with E-state index in [1.54, 1.807) is 4.90 Å². The summed E-state index contributed by atoms with van der Waals surface area (Å²) >= 11 is 0. The molecule has 1 aromatic rings. The number of benzene rings is 1. The maximum absolute atomic E-state index is 11.6. The molecule has 16 heavy (non-hydrogen) atoms. The highest BCUT2D eigenvalue weighted by Crippen LogP contribution is 2.27. The third-order valence-electron chi connectivity index (χ3n) is 2.70. The summed E-state index contributed by atoms with van der Waals surface area (Å²) in [5.74, 6) is 0. The van der Waals surface area contributed by atoms with Crippen molar-refractivity contribution < 1.29 is 4.79 Å². The van der Waals surface area contributed by atoms with Crippen LogP contribution in [-0.4, -0.2) is 11.6 Å². The third kappa shape index (κ3) is 2.75. The van der Waals surface area contributed by atoms with Crippen LogP contribution in [-0.2, 0) is 0 Å². The van der Waals surface area contributed by atoms with E-state index in [2.05, 4.69) is 6.92 Å². The van der Waals surface area contributed by atoms with Crippen LogP contribution in [0.3, 0.4) is 0 Å². The van der Waals surface area contributed by atoms with Crippen LogP contribution < -0.4 is 10.6 Å². The van der Waals surface area contributed by atoms with Gasteiger partial charge in [-0.1, -0.05) is 31.5 Å². The molecule has 0 atom stereocenters. The Balaban J connectivity index is 3.05. The molecule has 0 saturated heterocycles. The van der Waals surface area contributed by atoms with Gasteiger partial charge in [0.2, 0.25) is 0 Å². The van der Waals surface area contributed by atoms with E-state index in [0.717, 1.165) is 18.5 Å². The van der Waals surface area contributed by atoms with Crippen LogP contribution in [0.2, 0.25) is 0 Å². The SMILES string of the molecule is CCCC(C)(C)N(C(N)=O)c1ccccc1. The first-order valence-corrected chi connectivity index (χ1v) is 5.63. The standard InChI is InChI=1S/C13H20N2O/c1-4-10-13(2,3)15(12(14)16)11-8-6-5-7-9-11/h5-9H,4,10H2,1-3H3,(H2,14,16). The van der Waals surface area contributed by atoms with Gasteiger partial charge in [0.05, 0.1) is 0 Å². The van der Waals surface area contributed by atoms with Gasteiger partial charge in [0.15, 0.2) is 0 Å². The second-order valence-corrected chi connectivity index (χ2v) is 4.57. The van der Waals surface area contributed by atoms with E-state index >= 15 is 0 Å². The van der Waals surface area contributed by atoms with E-state index in [-0.39, 0.29) is 5.54 Å². The van der Waals surface area contributed by atoms with Crippen molar-refractivity contribution in [1.82, 2.24) is 0 Å². The van der Waals surface area contributed by atoms with Gasteiger partial charge in [-0.15, -0.1) is 0 Å². The lowest BCUT2D eigenvalue weighted by molar-refractivity contribution is 0.246. The maximum Gasteiger partial charge on any atom is 0.319 e. The molecular weight excluding hydrogens is 200 g/mol. The smallest absolute Gasteiger partial charge is 0.319 e. The molecule has 1 aromatic carbocycles. The number of carbonyl (C=O) groups is 1. The fraction of sp³-hybridized carbons (Fsp3) is 0.462. The molecule has 88 valence electrons. The number of carbonyl (C=O) groups excluding carboxylic acids is 1. The Morgan fingerprint density at radius 2 is 1.88 bits per heavy atom. The zero-order valence-corrected chi connectivity index (χ0v) is 10.2. The number of para-hydroxylation sites is 1. The predicted molar refractivity (Wildman–Crippen MR) is 67.5 cm³/mol. The number of amides is 2. The number of nitrogens with zero attached hydrogens (tertiary/aromatic N) is 1. The minimum atomic E-state index is -0.398. The van der Waals surface area contributed by atoms with Gasteiger partial charge in [-0.3, -0.25) is 4.90 Å². The molecular formula is C13H20N2O.